The topological polar surface area (TPSA) is 9.23 Å². The Balaban J connectivity index is 2.22. The van der Waals surface area contributed by atoms with E-state index in [4.69, 9.17) is 4.74 Å². The molecule has 0 aromatic heterocycles. The fourth-order valence-corrected chi connectivity index (χ4v) is 2.38. The molecule has 5 heteroatoms. The molecular weight excluding hydrogens is 417 g/mol. The minimum Gasteiger partial charge on any atom is -0.485 e. The van der Waals surface area contributed by atoms with Gasteiger partial charge in [0.1, 0.15) is 12.4 Å². The Morgan fingerprint density at radius 1 is 1.11 bits per heavy atom. The third kappa shape index (κ3) is 3.00. The molecule has 0 atom stereocenters. The lowest BCUT2D eigenvalue weighted by molar-refractivity contribution is 0.286. The third-order valence-corrected chi connectivity index (χ3v) is 4.84. The maximum atomic E-state index is 13.6. The summed E-state index contributed by atoms with van der Waals surface area (Å²) in [4.78, 5) is 0. The first-order valence-corrected chi connectivity index (χ1v) is 6.96. The summed E-state index contributed by atoms with van der Waals surface area (Å²) in [5.74, 6) is -1.27. The second kappa shape index (κ2) is 5.97. The fourth-order valence-electron chi connectivity index (χ4n) is 1.41. The Morgan fingerprint density at radius 2 is 1.78 bits per heavy atom. The van der Waals surface area contributed by atoms with Gasteiger partial charge in [0, 0.05) is 6.07 Å². The first-order chi connectivity index (χ1) is 8.59. The quantitative estimate of drug-likeness (QED) is 0.386. The molecule has 0 N–H and O–H groups in total. The molecule has 0 radical (unpaired) electrons. The summed E-state index contributed by atoms with van der Waals surface area (Å²) >= 11 is 4.91. The Bertz CT molecular complexity index is 561. The van der Waals surface area contributed by atoms with Gasteiger partial charge in [0.05, 0.1) is 8.04 Å². The maximum Gasteiger partial charge on any atom is 0.170 e. The van der Waals surface area contributed by atoms with E-state index in [0.717, 1.165) is 11.6 Å². The molecule has 0 spiro atoms. The molecule has 18 heavy (non-hydrogen) atoms. The Labute approximate surface area is 125 Å². The highest BCUT2D eigenvalue weighted by atomic mass is 127. The molecule has 0 saturated heterocycles. The van der Waals surface area contributed by atoms with Crippen LogP contribution in [0.25, 0.3) is 0 Å². The van der Waals surface area contributed by atoms with Gasteiger partial charge in [-0.15, -0.1) is 0 Å². The van der Waals surface area contributed by atoms with Crippen LogP contribution >= 0.6 is 38.5 Å². The summed E-state index contributed by atoms with van der Waals surface area (Å²) in [7, 11) is 0. The van der Waals surface area contributed by atoms with E-state index in [1.807, 2.05) is 52.9 Å². The van der Waals surface area contributed by atoms with Crippen molar-refractivity contribution in [3.8, 4) is 5.75 Å². The van der Waals surface area contributed by atoms with Crippen LogP contribution in [0.5, 0.6) is 5.75 Å². The predicted octanol–water partition coefficient (Wildman–Crippen LogP) is 4.91. The van der Waals surface area contributed by atoms with Gasteiger partial charge in [-0.05, 0) is 44.1 Å². The number of hydrogen-bond acceptors (Lipinski definition) is 1. The molecule has 2 rings (SSSR count). The van der Waals surface area contributed by atoms with Gasteiger partial charge in [-0.3, -0.25) is 0 Å². The van der Waals surface area contributed by atoms with E-state index in [0.29, 0.717) is 3.57 Å². The van der Waals surface area contributed by atoms with Crippen LogP contribution in [0.4, 0.5) is 8.78 Å². The normalized spacial score (nSPS) is 10.4. The lowest BCUT2D eigenvalue weighted by Crippen LogP contribution is -2.01. The minimum absolute atomic E-state index is 0.0627. The molecule has 1 nitrogen and oxygen atoms in total. The van der Waals surface area contributed by atoms with Crippen LogP contribution in [0.15, 0.2) is 40.9 Å². The van der Waals surface area contributed by atoms with E-state index in [1.165, 1.54) is 0 Å². The molecule has 0 saturated carbocycles. The molecule has 0 fully saturated rings. The van der Waals surface area contributed by atoms with Crippen LogP contribution < -0.4 is 4.74 Å². The van der Waals surface area contributed by atoms with E-state index < -0.39 is 11.6 Å². The molecule has 2 aromatic rings. The molecule has 0 aliphatic heterocycles. The van der Waals surface area contributed by atoms with Crippen LogP contribution in [0.1, 0.15) is 5.56 Å². The second-order valence-corrected chi connectivity index (χ2v) is 5.44. The second-order valence-electron chi connectivity index (χ2n) is 3.57. The van der Waals surface area contributed by atoms with Crippen molar-refractivity contribution in [2.24, 2.45) is 0 Å². The smallest absolute Gasteiger partial charge is 0.170 e. The maximum absolute atomic E-state index is 13.6. The number of halogens is 4. The van der Waals surface area contributed by atoms with Crippen molar-refractivity contribution in [2.45, 2.75) is 6.61 Å². The van der Waals surface area contributed by atoms with Gasteiger partial charge in [-0.25, -0.2) is 8.78 Å². The van der Waals surface area contributed by atoms with Gasteiger partial charge in [0.2, 0.25) is 0 Å². The summed E-state index contributed by atoms with van der Waals surface area (Å²) in [5, 5.41) is 0. The van der Waals surface area contributed by atoms with E-state index in [2.05, 4.69) is 15.9 Å². The van der Waals surface area contributed by atoms with E-state index in [9.17, 15) is 8.78 Å². The van der Waals surface area contributed by atoms with Gasteiger partial charge in [-0.2, -0.15) is 0 Å². The zero-order valence-electron chi connectivity index (χ0n) is 9.09. The highest BCUT2D eigenvalue weighted by molar-refractivity contribution is 14.1. The summed E-state index contributed by atoms with van der Waals surface area (Å²) in [6, 6.07) is 10.2. The van der Waals surface area contributed by atoms with Crippen LogP contribution in [0.3, 0.4) is 0 Å². The number of rotatable bonds is 3. The first-order valence-electron chi connectivity index (χ1n) is 5.09. The number of benzene rings is 2. The van der Waals surface area contributed by atoms with Crippen molar-refractivity contribution in [1.82, 2.24) is 0 Å². The lowest BCUT2D eigenvalue weighted by atomic mass is 10.2. The van der Waals surface area contributed by atoms with Crippen LogP contribution in [0.2, 0.25) is 0 Å². The highest BCUT2D eigenvalue weighted by Gasteiger charge is 2.16. The summed E-state index contributed by atoms with van der Waals surface area (Å²) in [6.45, 7) is 0.242. The van der Waals surface area contributed by atoms with E-state index in [-0.39, 0.29) is 16.8 Å². The van der Waals surface area contributed by atoms with Crippen molar-refractivity contribution in [2.75, 3.05) is 0 Å². The Hall–Kier alpha value is -0.690. The van der Waals surface area contributed by atoms with Gasteiger partial charge < -0.3 is 4.74 Å². The zero-order chi connectivity index (χ0) is 13.1. The van der Waals surface area contributed by atoms with Crippen LogP contribution in [-0.4, -0.2) is 0 Å². The molecule has 0 bridgehead atoms. The van der Waals surface area contributed by atoms with Gasteiger partial charge in [-0.1, -0.05) is 30.3 Å². The largest absolute Gasteiger partial charge is 0.485 e. The zero-order valence-corrected chi connectivity index (χ0v) is 12.8. The van der Waals surface area contributed by atoms with E-state index in [1.54, 1.807) is 0 Å². The van der Waals surface area contributed by atoms with Crippen molar-refractivity contribution in [1.29, 1.82) is 0 Å². The van der Waals surface area contributed by atoms with Gasteiger partial charge in [0.25, 0.3) is 0 Å². The van der Waals surface area contributed by atoms with Crippen molar-refractivity contribution in [3.63, 3.8) is 0 Å². The standard InChI is InChI=1S/C13H8BrF2IO/c14-11-9(15)6-10(16)13(12(11)17)18-7-8-4-2-1-3-5-8/h1-6H,7H2. The number of ether oxygens (including phenoxy) is 1. The summed E-state index contributed by atoms with van der Waals surface area (Å²) < 4.78 is 32.9. The number of hydrogen-bond donors (Lipinski definition) is 0. The monoisotopic (exact) mass is 424 g/mol. The molecule has 0 heterocycles. The van der Waals surface area contributed by atoms with Crippen molar-refractivity contribution >= 4 is 38.5 Å². The van der Waals surface area contributed by atoms with Gasteiger partial charge >= 0.3 is 0 Å². The van der Waals surface area contributed by atoms with E-state index >= 15 is 0 Å². The minimum atomic E-state index is -0.698. The molecule has 0 aliphatic carbocycles. The first kappa shape index (κ1) is 13.7. The molecule has 0 unspecified atom stereocenters. The average molecular weight is 425 g/mol. The van der Waals surface area contributed by atoms with Crippen LogP contribution in [0, 0.1) is 15.2 Å². The Morgan fingerprint density at radius 3 is 2.44 bits per heavy atom. The Kier molecular flexibility index (Phi) is 4.55. The molecule has 2 aromatic carbocycles. The van der Waals surface area contributed by atoms with Crippen LogP contribution in [-0.2, 0) is 6.61 Å². The summed E-state index contributed by atoms with van der Waals surface area (Å²) in [5.41, 5.74) is 0.924. The molecule has 94 valence electrons. The fraction of sp³-hybridized carbons (Fsp3) is 0.0769. The summed E-state index contributed by atoms with van der Waals surface area (Å²) in [6.07, 6.45) is 0. The third-order valence-electron chi connectivity index (χ3n) is 2.30. The highest BCUT2D eigenvalue weighted by Crippen LogP contribution is 2.33. The molecule has 0 amide bonds. The van der Waals surface area contributed by atoms with Gasteiger partial charge in [0.15, 0.2) is 11.6 Å². The lowest BCUT2D eigenvalue weighted by Gasteiger charge is -2.11. The van der Waals surface area contributed by atoms with Crippen molar-refractivity contribution in [3.05, 3.63) is 61.6 Å². The SMILES string of the molecule is Fc1cc(F)c(OCc2ccccc2)c(I)c1Br. The molecule has 0 aliphatic rings. The van der Waals surface area contributed by atoms with Crippen molar-refractivity contribution < 1.29 is 13.5 Å². The average Bonchev–Trinajstić information content (AvgIpc) is 2.37. The predicted molar refractivity (Wildman–Crippen MR) is 77.5 cm³/mol. The molecular formula is C13H8BrF2IO.